The number of carbonyl (C=O) groups excluding carboxylic acids is 2. The molecule has 0 saturated heterocycles. The summed E-state index contributed by atoms with van der Waals surface area (Å²) < 4.78 is 25.9. The van der Waals surface area contributed by atoms with Crippen LogP contribution in [0.1, 0.15) is 22.8 Å². The molecular formula is C18H14F2N2O2. The van der Waals surface area contributed by atoms with Gasteiger partial charge in [0.2, 0.25) is 5.91 Å². The molecule has 0 heterocycles. The summed E-state index contributed by atoms with van der Waals surface area (Å²) in [5.74, 6) is 2.81. The molecule has 0 aromatic heterocycles. The Morgan fingerprint density at radius 2 is 1.75 bits per heavy atom. The summed E-state index contributed by atoms with van der Waals surface area (Å²) in [6.07, 6.45) is 0. The Hall–Kier alpha value is -3.20. The first-order valence-corrected chi connectivity index (χ1v) is 7.05. The van der Waals surface area contributed by atoms with Gasteiger partial charge in [-0.3, -0.25) is 9.59 Å². The van der Waals surface area contributed by atoms with Crippen LogP contribution < -0.4 is 10.6 Å². The maximum absolute atomic E-state index is 13.1. The Labute approximate surface area is 137 Å². The van der Waals surface area contributed by atoms with Gasteiger partial charge < -0.3 is 10.6 Å². The number of hydrogen-bond donors (Lipinski definition) is 2. The molecule has 0 atom stereocenters. The average Bonchev–Trinajstić information content (AvgIpc) is 2.55. The van der Waals surface area contributed by atoms with Gasteiger partial charge in [-0.15, -0.1) is 0 Å². The highest BCUT2D eigenvalue weighted by Gasteiger charge is 2.08. The summed E-state index contributed by atoms with van der Waals surface area (Å²) in [6, 6.07) is 9.81. The first-order chi connectivity index (χ1) is 11.5. The lowest BCUT2D eigenvalue weighted by Crippen LogP contribution is -2.23. The van der Waals surface area contributed by atoms with Crippen molar-refractivity contribution in [3.05, 3.63) is 65.2 Å². The highest BCUT2D eigenvalue weighted by molar-refractivity contribution is 5.94. The van der Waals surface area contributed by atoms with Gasteiger partial charge in [0.25, 0.3) is 5.91 Å². The third-order valence-corrected chi connectivity index (χ3v) is 2.96. The highest BCUT2D eigenvalue weighted by atomic mass is 19.2. The van der Waals surface area contributed by atoms with Crippen molar-refractivity contribution in [2.75, 3.05) is 11.9 Å². The van der Waals surface area contributed by atoms with Gasteiger partial charge in [0, 0.05) is 23.7 Å². The third kappa shape index (κ3) is 4.92. The number of benzene rings is 2. The zero-order chi connectivity index (χ0) is 17.5. The van der Waals surface area contributed by atoms with E-state index in [1.807, 2.05) is 0 Å². The minimum atomic E-state index is -1.08. The second-order valence-electron chi connectivity index (χ2n) is 4.87. The van der Waals surface area contributed by atoms with Gasteiger partial charge >= 0.3 is 0 Å². The van der Waals surface area contributed by atoms with Crippen LogP contribution in [-0.4, -0.2) is 18.4 Å². The molecule has 0 saturated carbocycles. The first kappa shape index (κ1) is 17.2. The maximum atomic E-state index is 13.1. The maximum Gasteiger partial charge on any atom is 0.252 e. The summed E-state index contributed by atoms with van der Waals surface area (Å²) in [7, 11) is 0. The summed E-state index contributed by atoms with van der Waals surface area (Å²) in [4.78, 5) is 22.7. The third-order valence-electron chi connectivity index (χ3n) is 2.96. The van der Waals surface area contributed by atoms with Crippen molar-refractivity contribution in [3.8, 4) is 11.8 Å². The van der Waals surface area contributed by atoms with Gasteiger partial charge in [0.15, 0.2) is 11.6 Å². The molecule has 0 spiro atoms. The Balaban J connectivity index is 1.90. The molecule has 2 N–H and O–H groups in total. The molecule has 0 aliphatic heterocycles. The molecule has 4 nitrogen and oxygen atoms in total. The van der Waals surface area contributed by atoms with Gasteiger partial charge in [-0.2, -0.15) is 0 Å². The molecule has 24 heavy (non-hydrogen) atoms. The smallest absolute Gasteiger partial charge is 0.252 e. The zero-order valence-corrected chi connectivity index (χ0v) is 12.8. The molecule has 6 heteroatoms. The van der Waals surface area contributed by atoms with E-state index >= 15 is 0 Å². The molecule has 0 aliphatic carbocycles. The summed E-state index contributed by atoms with van der Waals surface area (Å²) in [6.45, 7) is 1.48. The lowest BCUT2D eigenvalue weighted by Gasteiger charge is -2.02. The number of nitrogens with one attached hydrogen (secondary N) is 2. The van der Waals surface area contributed by atoms with Crippen LogP contribution in [0.5, 0.6) is 0 Å². The molecule has 2 amide bonds. The number of anilines is 1. The van der Waals surface area contributed by atoms with Crippen LogP contribution in [-0.2, 0) is 4.79 Å². The summed E-state index contributed by atoms with van der Waals surface area (Å²) >= 11 is 0. The molecule has 2 aromatic carbocycles. The molecule has 2 aromatic rings. The molecule has 2 rings (SSSR count). The van der Waals surface area contributed by atoms with Crippen molar-refractivity contribution in [2.45, 2.75) is 6.92 Å². The van der Waals surface area contributed by atoms with Gasteiger partial charge in [-0.05, 0) is 42.5 Å². The Bertz CT molecular complexity index is 821. The normalized spacial score (nSPS) is 9.62. The van der Waals surface area contributed by atoms with E-state index in [2.05, 4.69) is 22.5 Å². The molecule has 0 aliphatic rings. The fourth-order valence-electron chi connectivity index (χ4n) is 1.85. The van der Waals surface area contributed by atoms with Gasteiger partial charge in [-0.1, -0.05) is 11.8 Å². The highest BCUT2D eigenvalue weighted by Crippen LogP contribution is 2.09. The quantitative estimate of drug-likeness (QED) is 0.851. The average molecular weight is 328 g/mol. The standard InChI is InChI=1S/C18H14F2N2O2/c1-12(23)22-15-7-4-13(5-8-15)3-2-10-21-18(24)14-6-9-16(19)17(20)11-14/h4-9,11H,10H2,1H3,(H,21,24)(H,22,23). The molecule has 0 unspecified atom stereocenters. The minimum absolute atomic E-state index is 0.0235. The molecular weight excluding hydrogens is 314 g/mol. The largest absolute Gasteiger partial charge is 0.341 e. The summed E-state index contributed by atoms with van der Waals surface area (Å²) in [5.41, 5.74) is 1.40. The van der Waals surface area contributed by atoms with Crippen LogP contribution in [0.2, 0.25) is 0 Å². The number of hydrogen-bond acceptors (Lipinski definition) is 2. The van der Waals surface area contributed by atoms with Crippen molar-refractivity contribution in [1.82, 2.24) is 5.32 Å². The fourth-order valence-corrected chi connectivity index (χ4v) is 1.85. The summed E-state index contributed by atoms with van der Waals surface area (Å²) in [5, 5.41) is 5.13. The first-order valence-electron chi connectivity index (χ1n) is 7.05. The number of halogens is 2. The Kier molecular flexibility index (Phi) is 5.63. The molecule has 0 bridgehead atoms. The van der Waals surface area contributed by atoms with Crippen LogP contribution in [0.4, 0.5) is 14.5 Å². The predicted octanol–water partition coefficient (Wildman–Crippen LogP) is 2.70. The molecule has 0 radical (unpaired) electrons. The van der Waals surface area contributed by atoms with E-state index in [0.29, 0.717) is 11.3 Å². The van der Waals surface area contributed by atoms with Crippen LogP contribution in [0.3, 0.4) is 0 Å². The van der Waals surface area contributed by atoms with Crippen LogP contribution in [0, 0.1) is 23.5 Å². The van der Waals surface area contributed by atoms with E-state index in [-0.39, 0.29) is 18.0 Å². The Morgan fingerprint density at radius 1 is 1.04 bits per heavy atom. The predicted molar refractivity (Wildman–Crippen MR) is 86.3 cm³/mol. The van der Waals surface area contributed by atoms with Crippen molar-refractivity contribution in [1.29, 1.82) is 0 Å². The van der Waals surface area contributed by atoms with E-state index in [9.17, 15) is 18.4 Å². The van der Waals surface area contributed by atoms with Crippen molar-refractivity contribution in [2.24, 2.45) is 0 Å². The van der Waals surface area contributed by atoms with Gasteiger partial charge in [-0.25, -0.2) is 8.78 Å². The molecule has 0 fully saturated rings. The number of amides is 2. The number of rotatable bonds is 3. The zero-order valence-electron chi connectivity index (χ0n) is 12.8. The van der Waals surface area contributed by atoms with Gasteiger partial charge in [0.1, 0.15) is 0 Å². The number of carbonyl (C=O) groups is 2. The second-order valence-corrected chi connectivity index (χ2v) is 4.87. The van der Waals surface area contributed by atoms with Crippen molar-refractivity contribution < 1.29 is 18.4 Å². The van der Waals surface area contributed by atoms with Crippen molar-refractivity contribution in [3.63, 3.8) is 0 Å². The topological polar surface area (TPSA) is 58.2 Å². The van der Waals surface area contributed by atoms with E-state index in [1.165, 1.54) is 13.0 Å². The SMILES string of the molecule is CC(=O)Nc1ccc(C#CCNC(=O)c2ccc(F)c(F)c2)cc1. The minimum Gasteiger partial charge on any atom is -0.341 e. The van der Waals surface area contributed by atoms with E-state index in [4.69, 9.17) is 0 Å². The van der Waals surface area contributed by atoms with E-state index in [1.54, 1.807) is 24.3 Å². The second kappa shape index (κ2) is 7.88. The van der Waals surface area contributed by atoms with E-state index in [0.717, 1.165) is 12.1 Å². The van der Waals surface area contributed by atoms with Crippen LogP contribution in [0.15, 0.2) is 42.5 Å². The fraction of sp³-hybridized carbons (Fsp3) is 0.111. The van der Waals surface area contributed by atoms with Crippen molar-refractivity contribution >= 4 is 17.5 Å². The monoisotopic (exact) mass is 328 g/mol. The van der Waals surface area contributed by atoms with Gasteiger partial charge in [0.05, 0.1) is 6.54 Å². The lowest BCUT2D eigenvalue weighted by molar-refractivity contribution is -0.114. The lowest BCUT2D eigenvalue weighted by atomic mass is 10.2. The molecule has 122 valence electrons. The van der Waals surface area contributed by atoms with Crippen LogP contribution in [0.25, 0.3) is 0 Å². The van der Waals surface area contributed by atoms with E-state index < -0.39 is 17.5 Å². The van der Waals surface area contributed by atoms with Crippen LogP contribution >= 0.6 is 0 Å². The Morgan fingerprint density at radius 3 is 2.38 bits per heavy atom.